The Balaban J connectivity index is 2.68. The van der Waals surface area contributed by atoms with Crippen molar-refractivity contribution in [3.8, 4) is 0 Å². The molecule has 0 aliphatic rings. The number of hydrogen-bond acceptors (Lipinski definition) is 2. The van der Waals surface area contributed by atoms with Crippen LogP contribution in [0.1, 0.15) is 10.6 Å². The van der Waals surface area contributed by atoms with Gasteiger partial charge in [0.05, 0.1) is 0 Å². The summed E-state index contributed by atoms with van der Waals surface area (Å²) in [6.45, 7) is 0. The highest BCUT2D eigenvalue weighted by Gasteiger charge is 2.07. The number of carbonyl (C=O) groups is 1. The summed E-state index contributed by atoms with van der Waals surface area (Å²) < 4.78 is 5.15. The van der Waals surface area contributed by atoms with Crippen molar-refractivity contribution in [2.45, 2.75) is 0 Å². The third-order valence-corrected chi connectivity index (χ3v) is 1.96. The van der Waals surface area contributed by atoms with Crippen LogP contribution in [0.3, 0.4) is 0 Å². The average molecular weight is 196 g/mol. The van der Waals surface area contributed by atoms with E-state index in [1.165, 1.54) is 0 Å². The quantitative estimate of drug-likeness (QED) is 0.758. The number of halogens is 1. The second-order valence-corrected chi connectivity index (χ2v) is 3.09. The van der Waals surface area contributed by atoms with Gasteiger partial charge < -0.3 is 10.2 Å². The summed E-state index contributed by atoms with van der Waals surface area (Å²) >= 11 is 5.75. The number of carbonyl (C=O) groups excluding carboxylic acids is 1. The van der Waals surface area contributed by atoms with Gasteiger partial charge >= 0.3 is 0 Å². The van der Waals surface area contributed by atoms with E-state index in [2.05, 4.69) is 0 Å². The van der Waals surface area contributed by atoms with Crippen LogP contribution in [0.25, 0.3) is 11.0 Å². The first kappa shape index (κ1) is 8.13. The maximum absolute atomic E-state index is 10.8. The van der Waals surface area contributed by atoms with Gasteiger partial charge in [-0.15, -0.1) is 0 Å². The van der Waals surface area contributed by atoms with Crippen molar-refractivity contribution in [3.05, 3.63) is 35.0 Å². The number of fused-ring (bicyclic) bond motifs is 1. The van der Waals surface area contributed by atoms with Crippen LogP contribution in [-0.4, -0.2) is 5.91 Å². The lowest BCUT2D eigenvalue weighted by molar-refractivity contribution is 0.0976. The summed E-state index contributed by atoms with van der Waals surface area (Å²) in [6, 6.07) is 6.68. The molecule has 2 N–H and O–H groups in total. The van der Waals surface area contributed by atoms with Crippen LogP contribution in [0.5, 0.6) is 0 Å². The maximum Gasteiger partial charge on any atom is 0.284 e. The van der Waals surface area contributed by atoms with Crippen molar-refractivity contribution < 1.29 is 9.21 Å². The Morgan fingerprint density at radius 3 is 2.85 bits per heavy atom. The van der Waals surface area contributed by atoms with Crippen LogP contribution in [0.15, 0.2) is 28.7 Å². The molecule has 0 radical (unpaired) electrons. The van der Waals surface area contributed by atoms with Gasteiger partial charge in [0, 0.05) is 10.4 Å². The molecule has 0 saturated heterocycles. The molecule has 1 heterocycles. The predicted octanol–water partition coefficient (Wildman–Crippen LogP) is 2.19. The fourth-order valence-electron chi connectivity index (χ4n) is 1.14. The molecular weight excluding hydrogens is 190 g/mol. The molecule has 0 fully saturated rings. The van der Waals surface area contributed by atoms with Crippen LogP contribution in [-0.2, 0) is 0 Å². The Morgan fingerprint density at radius 2 is 2.15 bits per heavy atom. The Morgan fingerprint density at radius 1 is 1.38 bits per heavy atom. The lowest BCUT2D eigenvalue weighted by Crippen LogP contribution is -2.08. The molecule has 1 aromatic carbocycles. The summed E-state index contributed by atoms with van der Waals surface area (Å²) in [5, 5.41) is 1.38. The number of hydrogen-bond donors (Lipinski definition) is 1. The highest BCUT2D eigenvalue weighted by molar-refractivity contribution is 6.31. The lowest BCUT2D eigenvalue weighted by atomic mass is 10.2. The first-order chi connectivity index (χ1) is 6.16. The fraction of sp³-hybridized carbons (Fsp3) is 0. The van der Waals surface area contributed by atoms with Crippen LogP contribution >= 0.6 is 11.6 Å². The highest BCUT2D eigenvalue weighted by atomic mass is 35.5. The minimum Gasteiger partial charge on any atom is -0.451 e. The molecule has 3 nitrogen and oxygen atoms in total. The van der Waals surface area contributed by atoms with Crippen molar-refractivity contribution in [3.63, 3.8) is 0 Å². The topological polar surface area (TPSA) is 56.2 Å². The van der Waals surface area contributed by atoms with Gasteiger partial charge in [-0.2, -0.15) is 0 Å². The predicted molar refractivity (Wildman–Crippen MR) is 49.7 cm³/mol. The van der Waals surface area contributed by atoms with E-state index in [0.717, 1.165) is 5.39 Å². The molecule has 0 aliphatic heterocycles. The van der Waals surface area contributed by atoms with E-state index in [1.54, 1.807) is 24.3 Å². The molecule has 2 aromatic rings. The second-order valence-electron chi connectivity index (χ2n) is 2.66. The van der Waals surface area contributed by atoms with Crippen LogP contribution in [0.2, 0.25) is 5.02 Å². The van der Waals surface area contributed by atoms with Crippen molar-refractivity contribution in [2.24, 2.45) is 5.73 Å². The minimum absolute atomic E-state index is 0.150. The molecule has 0 aliphatic carbocycles. The molecule has 0 bridgehead atoms. The van der Waals surface area contributed by atoms with Crippen LogP contribution < -0.4 is 5.73 Å². The number of amides is 1. The van der Waals surface area contributed by atoms with Gasteiger partial charge in [-0.05, 0) is 24.3 Å². The molecule has 0 spiro atoms. The smallest absolute Gasteiger partial charge is 0.284 e. The summed E-state index contributed by atoms with van der Waals surface area (Å²) in [5.74, 6) is -0.426. The largest absolute Gasteiger partial charge is 0.451 e. The molecule has 0 unspecified atom stereocenters. The average Bonchev–Trinajstić information content (AvgIpc) is 2.46. The molecule has 4 heteroatoms. The van der Waals surface area contributed by atoms with Gasteiger partial charge in [-0.3, -0.25) is 4.79 Å². The summed E-state index contributed by atoms with van der Waals surface area (Å²) in [7, 11) is 0. The van der Waals surface area contributed by atoms with Gasteiger partial charge in [0.1, 0.15) is 5.58 Å². The number of primary amides is 1. The highest BCUT2D eigenvalue weighted by Crippen LogP contribution is 2.22. The molecule has 0 atom stereocenters. The normalized spacial score (nSPS) is 10.5. The lowest BCUT2D eigenvalue weighted by Gasteiger charge is -1.87. The van der Waals surface area contributed by atoms with E-state index < -0.39 is 5.91 Å². The Bertz CT molecular complexity index is 475. The van der Waals surface area contributed by atoms with Crippen molar-refractivity contribution in [2.75, 3.05) is 0 Å². The van der Waals surface area contributed by atoms with Crippen molar-refractivity contribution >= 4 is 28.5 Å². The minimum atomic E-state index is -0.577. The molecule has 1 aromatic heterocycles. The maximum atomic E-state index is 10.8. The zero-order chi connectivity index (χ0) is 9.42. The number of furan rings is 1. The first-order valence-electron chi connectivity index (χ1n) is 3.66. The second kappa shape index (κ2) is 2.78. The molecular formula is C9H6ClNO2. The third kappa shape index (κ3) is 1.38. The van der Waals surface area contributed by atoms with Gasteiger partial charge in [0.15, 0.2) is 5.76 Å². The summed E-state index contributed by atoms with van der Waals surface area (Å²) in [6.07, 6.45) is 0. The SMILES string of the molecule is NC(=O)c1cc2cc(Cl)ccc2o1. The van der Waals surface area contributed by atoms with Crippen molar-refractivity contribution in [1.82, 2.24) is 0 Å². The van der Waals surface area contributed by atoms with Gasteiger partial charge in [-0.1, -0.05) is 11.6 Å². The third-order valence-electron chi connectivity index (χ3n) is 1.72. The van der Waals surface area contributed by atoms with Crippen LogP contribution in [0, 0.1) is 0 Å². The van der Waals surface area contributed by atoms with E-state index in [-0.39, 0.29) is 5.76 Å². The molecule has 1 amide bonds. The summed E-state index contributed by atoms with van der Waals surface area (Å²) in [4.78, 5) is 10.8. The van der Waals surface area contributed by atoms with E-state index in [4.69, 9.17) is 21.8 Å². The summed E-state index contributed by atoms with van der Waals surface area (Å²) in [5.41, 5.74) is 5.66. The van der Waals surface area contributed by atoms with E-state index in [0.29, 0.717) is 10.6 Å². The zero-order valence-electron chi connectivity index (χ0n) is 6.58. The Hall–Kier alpha value is -1.48. The molecule has 2 rings (SSSR count). The monoisotopic (exact) mass is 195 g/mol. The molecule has 66 valence electrons. The standard InChI is InChI=1S/C9H6ClNO2/c10-6-1-2-7-5(3-6)4-8(13-7)9(11)12/h1-4H,(H2,11,12). The molecule has 0 saturated carbocycles. The Labute approximate surface area is 79.1 Å². The van der Waals surface area contributed by atoms with Gasteiger partial charge in [0.25, 0.3) is 5.91 Å². The fourth-order valence-corrected chi connectivity index (χ4v) is 1.32. The molecule has 13 heavy (non-hydrogen) atoms. The van der Waals surface area contributed by atoms with E-state index in [9.17, 15) is 4.79 Å². The number of benzene rings is 1. The zero-order valence-corrected chi connectivity index (χ0v) is 7.34. The van der Waals surface area contributed by atoms with Crippen LogP contribution in [0.4, 0.5) is 0 Å². The number of rotatable bonds is 1. The van der Waals surface area contributed by atoms with Gasteiger partial charge in [-0.25, -0.2) is 0 Å². The first-order valence-corrected chi connectivity index (χ1v) is 4.03. The van der Waals surface area contributed by atoms with Crippen molar-refractivity contribution in [1.29, 1.82) is 0 Å². The van der Waals surface area contributed by atoms with E-state index in [1.807, 2.05) is 0 Å². The Kier molecular flexibility index (Phi) is 1.74. The number of nitrogens with two attached hydrogens (primary N) is 1. The van der Waals surface area contributed by atoms with E-state index >= 15 is 0 Å². The van der Waals surface area contributed by atoms with Gasteiger partial charge in [0.2, 0.25) is 0 Å².